The summed E-state index contributed by atoms with van der Waals surface area (Å²) < 4.78 is 14.0. The van der Waals surface area contributed by atoms with Crippen LogP contribution in [0.2, 0.25) is 5.02 Å². The Morgan fingerprint density at radius 3 is 2.45 bits per heavy atom. The smallest absolute Gasteiger partial charge is 0.255 e. The number of benzene rings is 1. The van der Waals surface area contributed by atoms with Crippen LogP contribution in [0.5, 0.6) is 5.75 Å². The minimum atomic E-state index is -0.745. The number of nitrogens with one attached hydrogen (secondary N) is 2. The van der Waals surface area contributed by atoms with Gasteiger partial charge in [0.05, 0.1) is 10.6 Å². The van der Waals surface area contributed by atoms with Crippen LogP contribution in [0.4, 0.5) is 4.39 Å². The number of carbonyl (C=O) groups excluding carboxylic acids is 1. The number of halogens is 3. The Bertz CT molecular complexity index is 547. The van der Waals surface area contributed by atoms with Crippen LogP contribution in [0.25, 0.3) is 5.57 Å². The first kappa shape index (κ1) is 16.6. The van der Waals surface area contributed by atoms with Crippen LogP contribution >= 0.6 is 23.2 Å². The van der Waals surface area contributed by atoms with Crippen LogP contribution in [0.1, 0.15) is 19.4 Å². The number of rotatable bonds is 5. The molecule has 0 heterocycles. The number of hydrogen-bond donors (Lipinski definition) is 3. The van der Waals surface area contributed by atoms with Gasteiger partial charge in [-0.05, 0) is 26.0 Å². The fourth-order valence-corrected chi connectivity index (χ4v) is 2.03. The molecule has 20 heavy (non-hydrogen) atoms. The molecule has 3 N–H and O–H groups in total. The van der Waals surface area contributed by atoms with Gasteiger partial charge in [-0.2, -0.15) is 0 Å². The van der Waals surface area contributed by atoms with Crippen molar-refractivity contribution in [1.82, 2.24) is 10.6 Å². The van der Waals surface area contributed by atoms with Crippen molar-refractivity contribution in [2.45, 2.75) is 13.8 Å². The lowest BCUT2D eigenvalue weighted by atomic mass is 10.0. The van der Waals surface area contributed by atoms with Crippen molar-refractivity contribution in [1.29, 1.82) is 0 Å². The highest BCUT2D eigenvalue weighted by Crippen LogP contribution is 2.31. The molecule has 0 saturated heterocycles. The molecule has 0 fully saturated rings. The van der Waals surface area contributed by atoms with Crippen molar-refractivity contribution in [3.63, 3.8) is 0 Å². The number of phenols is 1. The predicted molar refractivity (Wildman–Crippen MR) is 78.2 cm³/mol. The molecule has 1 aromatic rings. The summed E-state index contributed by atoms with van der Waals surface area (Å²) in [5, 5.41) is 14.7. The third-order valence-electron chi connectivity index (χ3n) is 2.42. The number of aromatic hydroxyl groups is 1. The molecule has 1 rings (SSSR count). The quantitative estimate of drug-likeness (QED) is 0.577. The maximum absolute atomic E-state index is 14.0. The van der Waals surface area contributed by atoms with Crippen LogP contribution in [-0.2, 0) is 4.79 Å². The van der Waals surface area contributed by atoms with E-state index in [4.69, 9.17) is 23.2 Å². The van der Waals surface area contributed by atoms with Crippen molar-refractivity contribution >= 4 is 34.7 Å². The Hall–Kier alpha value is -1.46. The number of amides is 1. The van der Waals surface area contributed by atoms with Crippen molar-refractivity contribution in [3.8, 4) is 5.75 Å². The van der Waals surface area contributed by atoms with E-state index in [0.29, 0.717) is 13.1 Å². The molecule has 0 bridgehead atoms. The molecule has 0 saturated carbocycles. The lowest BCUT2D eigenvalue weighted by Gasteiger charge is -2.13. The zero-order valence-electron chi connectivity index (χ0n) is 11.1. The molecular formula is C13H15Cl2FN2O2. The molecule has 0 aliphatic carbocycles. The second-order valence-corrected chi connectivity index (χ2v) is 4.65. The maximum atomic E-state index is 14.0. The monoisotopic (exact) mass is 320 g/mol. The van der Waals surface area contributed by atoms with Crippen LogP contribution in [-0.4, -0.2) is 24.1 Å². The summed E-state index contributed by atoms with van der Waals surface area (Å²) in [7, 11) is 0. The fourth-order valence-electron chi connectivity index (χ4n) is 1.56. The van der Waals surface area contributed by atoms with Crippen LogP contribution in [0, 0.1) is 5.82 Å². The number of hydrogen-bond acceptors (Lipinski definition) is 3. The third-order valence-corrected chi connectivity index (χ3v) is 3.05. The van der Waals surface area contributed by atoms with E-state index in [1.807, 2.05) is 0 Å². The van der Waals surface area contributed by atoms with Gasteiger partial charge in [-0.25, -0.2) is 4.39 Å². The Morgan fingerprint density at radius 2 is 1.90 bits per heavy atom. The first-order chi connectivity index (χ1) is 9.42. The zero-order chi connectivity index (χ0) is 15.3. The molecule has 0 spiro atoms. The van der Waals surface area contributed by atoms with E-state index in [0.717, 1.165) is 12.1 Å². The second-order valence-electron chi connectivity index (χ2n) is 3.86. The molecule has 0 aromatic heterocycles. The molecular weight excluding hydrogens is 306 g/mol. The molecule has 0 radical (unpaired) electrons. The molecule has 7 heteroatoms. The summed E-state index contributed by atoms with van der Waals surface area (Å²) in [5.74, 6) is -1.62. The van der Waals surface area contributed by atoms with Crippen LogP contribution in [0.15, 0.2) is 17.3 Å². The summed E-state index contributed by atoms with van der Waals surface area (Å²) in [5.41, 5.74) is -0.205. The van der Waals surface area contributed by atoms with Gasteiger partial charge in [-0.3, -0.25) is 4.79 Å². The minimum absolute atomic E-state index is 0.000859. The third kappa shape index (κ3) is 3.77. The molecule has 0 aliphatic rings. The van der Waals surface area contributed by atoms with E-state index in [2.05, 4.69) is 10.6 Å². The van der Waals surface area contributed by atoms with Gasteiger partial charge in [0.2, 0.25) is 0 Å². The normalized spacial score (nSPS) is 11.8. The molecule has 1 amide bonds. The highest BCUT2D eigenvalue weighted by molar-refractivity contribution is 6.39. The van der Waals surface area contributed by atoms with Gasteiger partial charge in [0.15, 0.2) is 0 Å². The van der Waals surface area contributed by atoms with Crippen LogP contribution in [0.3, 0.4) is 0 Å². The predicted octanol–water partition coefficient (Wildman–Crippen LogP) is 2.84. The first-order valence-electron chi connectivity index (χ1n) is 6.02. The molecule has 0 aliphatic heterocycles. The summed E-state index contributed by atoms with van der Waals surface area (Å²) in [6.45, 7) is 4.34. The molecule has 110 valence electrons. The Balaban J connectivity index is 3.42. The molecule has 4 nitrogen and oxygen atoms in total. The SMILES string of the molecule is CCNC(=O)/C(=C(/Cl)NCC)c1cc(O)c(Cl)cc1F. The first-order valence-corrected chi connectivity index (χ1v) is 6.78. The summed E-state index contributed by atoms with van der Waals surface area (Å²) in [6.07, 6.45) is 0. The van der Waals surface area contributed by atoms with Gasteiger partial charge in [0, 0.05) is 18.7 Å². The van der Waals surface area contributed by atoms with Crippen LogP contribution < -0.4 is 10.6 Å². The van der Waals surface area contributed by atoms with Crippen molar-refractivity contribution in [2.75, 3.05) is 13.1 Å². The van der Waals surface area contributed by atoms with E-state index < -0.39 is 11.7 Å². The number of likely N-dealkylation sites (N-methyl/N-ethyl adjacent to an activating group) is 1. The summed E-state index contributed by atoms with van der Waals surface area (Å²) in [4.78, 5) is 12.0. The standard InChI is InChI=1S/C13H15Cl2FN2O2/c1-3-17-12(15)11(13(20)18-4-2)7-5-10(19)8(14)6-9(7)16/h5-6,17,19H,3-4H2,1-2H3,(H,18,20)/b12-11-. The van der Waals surface area contributed by atoms with Gasteiger partial charge in [0.1, 0.15) is 16.7 Å². The average molecular weight is 321 g/mol. The summed E-state index contributed by atoms with van der Waals surface area (Å²) >= 11 is 11.6. The fraction of sp³-hybridized carbons (Fsp3) is 0.308. The number of carbonyl (C=O) groups is 1. The van der Waals surface area contributed by atoms with Crippen molar-refractivity contribution < 1.29 is 14.3 Å². The lowest BCUT2D eigenvalue weighted by molar-refractivity contribution is -0.115. The van der Waals surface area contributed by atoms with E-state index in [1.54, 1.807) is 13.8 Å². The summed E-state index contributed by atoms with van der Waals surface area (Å²) in [6, 6.07) is 2.00. The van der Waals surface area contributed by atoms with Crippen molar-refractivity contribution in [3.05, 3.63) is 33.7 Å². The van der Waals surface area contributed by atoms with E-state index in [1.165, 1.54) is 0 Å². The van der Waals surface area contributed by atoms with E-state index >= 15 is 0 Å². The highest BCUT2D eigenvalue weighted by Gasteiger charge is 2.21. The van der Waals surface area contributed by atoms with Crippen molar-refractivity contribution in [2.24, 2.45) is 0 Å². The van der Waals surface area contributed by atoms with Gasteiger partial charge in [0.25, 0.3) is 5.91 Å². The number of phenolic OH excluding ortho intramolecular Hbond substituents is 1. The van der Waals surface area contributed by atoms with Gasteiger partial charge in [-0.15, -0.1) is 0 Å². The highest BCUT2D eigenvalue weighted by atomic mass is 35.5. The Morgan fingerprint density at radius 1 is 1.30 bits per heavy atom. The van der Waals surface area contributed by atoms with E-state index in [9.17, 15) is 14.3 Å². The second kappa shape index (κ2) is 7.36. The Kier molecular flexibility index (Phi) is 6.10. The van der Waals surface area contributed by atoms with Gasteiger partial charge >= 0.3 is 0 Å². The molecule has 1 aromatic carbocycles. The van der Waals surface area contributed by atoms with Gasteiger partial charge in [-0.1, -0.05) is 23.2 Å². The molecule has 0 unspecified atom stereocenters. The van der Waals surface area contributed by atoms with E-state index in [-0.39, 0.29) is 27.1 Å². The largest absolute Gasteiger partial charge is 0.506 e. The Labute approximate surface area is 126 Å². The average Bonchev–Trinajstić information content (AvgIpc) is 2.36. The maximum Gasteiger partial charge on any atom is 0.255 e. The zero-order valence-corrected chi connectivity index (χ0v) is 12.6. The molecule has 0 atom stereocenters. The topological polar surface area (TPSA) is 61.4 Å². The van der Waals surface area contributed by atoms with Gasteiger partial charge < -0.3 is 15.7 Å². The lowest BCUT2D eigenvalue weighted by Crippen LogP contribution is -2.26. The minimum Gasteiger partial charge on any atom is -0.506 e.